The molecule has 2 aromatic rings. The van der Waals surface area contributed by atoms with Crippen LogP contribution in [0.2, 0.25) is 8.67 Å². The third-order valence-electron chi connectivity index (χ3n) is 2.79. The Balaban J connectivity index is 2.46. The van der Waals surface area contributed by atoms with Crippen molar-refractivity contribution in [1.82, 2.24) is 5.32 Å². The van der Waals surface area contributed by atoms with Crippen LogP contribution in [0.3, 0.4) is 0 Å². The van der Waals surface area contributed by atoms with Gasteiger partial charge in [0.05, 0.1) is 14.7 Å². The lowest BCUT2D eigenvalue weighted by atomic mass is 10.0. The molecule has 0 saturated carbocycles. The van der Waals surface area contributed by atoms with Crippen molar-refractivity contribution in [1.29, 1.82) is 0 Å². The first-order valence-corrected chi connectivity index (χ1v) is 8.16. The predicted molar refractivity (Wildman–Crippen MR) is 83.7 cm³/mol. The van der Waals surface area contributed by atoms with Crippen LogP contribution in [0.4, 0.5) is 0 Å². The summed E-state index contributed by atoms with van der Waals surface area (Å²) in [6.45, 7) is 7.28. The Morgan fingerprint density at radius 2 is 1.89 bits per heavy atom. The molecule has 5 heteroatoms. The molecule has 0 fully saturated rings. The van der Waals surface area contributed by atoms with Crippen molar-refractivity contribution in [3.05, 3.63) is 41.7 Å². The monoisotopic (exact) mass is 319 g/mol. The molecule has 0 bridgehead atoms. The van der Waals surface area contributed by atoms with Crippen LogP contribution >= 0.6 is 45.9 Å². The van der Waals surface area contributed by atoms with E-state index < -0.39 is 0 Å². The molecule has 0 saturated heterocycles. The summed E-state index contributed by atoms with van der Waals surface area (Å²) in [5.41, 5.74) is 2.38. The molecule has 2 rings (SSSR count). The van der Waals surface area contributed by atoms with E-state index in [-0.39, 0.29) is 6.04 Å². The molecule has 0 aliphatic heterocycles. The number of hydrogen-bond donors (Lipinski definition) is 1. The molecule has 0 aliphatic rings. The van der Waals surface area contributed by atoms with E-state index in [2.05, 4.69) is 32.2 Å². The summed E-state index contributed by atoms with van der Waals surface area (Å²) in [6, 6.07) is 4.33. The zero-order valence-electron chi connectivity index (χ0n) is 10.5. The van der Waals surface area contributed by atoms with E-state index in [4.69, 9.17) is 23.2 Å². The van der Waals surface area contributed by atoms with E-state index in [1.165, 1.54) is 26.7 Å². The molecule has 1 nitrogen and oxygen atoms in total. The van der Waals surface area contributed by atoms with Crippen molar-refractivity contribution in [2.75, 3.05) is 6.54 Å². The van der Waals surface area contributed by atoms with Gasteiger partial charge in [-0.3, -0.25) is 0 Å². The number of hydrogen-bond acceptors (Lipinski definition) is 3. The van der Waals surface area contributed by atoms with Gasteiger partial charge in [-0.15, -0.1) is 22.7 Å². The van der Waals surface area contributed by atoms with Gasteiger partial charge in [0.1, 0.15) is 0 Å². The summed E-state index contributed by atoms with van der Waals surface area (Å²) < 4.78 is 1.51. The highest BCUT2D eigenvalue weighted by Gasteiger charge is 2.21. The molecule has 0 radical (unpaired) electrons. The standard InChI is InChI=1S/C13H15Cl2NS2/c1-4-16-12(9-5-7(2)17-8(9)3)10-6-11(14)18-13(10)15/h5-6,12,16H,4H2,1-3H3. The van der Waals surface area contributed by atoms with Gasteiger partial charge in [-0.05, 0) is 38.1 Å². The number of thiophene rings is 2. The fourth-order valence-corrected chi connectivity index (χ4v) is 4.57. The van der Waals surface area contributed by atoms with Crippen molar-refractivity contribution in [2.24, 2.45) is 0 Å². The summed E-state index contributed by atoms with van der Waals surface area (Å²) >= 11 is 15.6. The summed E-state index contributed by atoms with van der Waals surface area (Å²) in [7, 11) is 0. The van der Waals surface area contributed by atoms with Crippen molar-refractivity contribution in [2.45, 2.75) is 26.8 Å². The summed E-state index contributed by atoms with van der Waals surface area (Å²) in [5, 5.41) is 3.49. The van der Waals surface area contributed by atoms with Crippen molar-refractivity contribution >= 4 is 45.9 Å². The van der Waals surface area contributed by atoms with Crippen molar-refractivity contribution in [3.63, 3.8) is 0 Å². The van der Waals surface area contributed by atoms with Gasteiger partial charge in [0.2, 0.25) is 0 Å². The van der Waals surface area contributed by atoms with Crippen LogP contribution in [0.1, 0.15) is 33.8 Å². The van der Waals surface area contributed by atoms with Gasteiger partial charge >= 0.3 is 0 Å². The Kier molecular flexibility index (Phi) is 4.73. The molecule has 0 spiro atoms. The van der Waals surface area contributed by atoms with E-state index >= 15 is 0 Å². The molecule has 1 unspecified atom stereocenters. The zero-order chi connectivity index (χ0) is 13.3. The Labute approximate surface area is 126 Å². The minimum atomic E-state index is 0.135. The molecule has 2 aromatic heterocycles. The lowest BCUT2D eigenvalue weighted by molar-refractivity contribution is 0.632. The van der Waals surface area contributed by atoms with E-state index in [0.29, 0.717) is 0 Å². The first-order valence-electron chi connectivity index (χ1n) is 5.78. The van der Waals surface area contributed by atoms with E-state index in [9.17, 15) is 0 Å². The molecular weight excluding hydrogens is 305 g/mol. The highest BCUT2D eigenvalue weighted by molar-refractivity contribution is 7.20. The highest BCUT2D eigenvalue weighted by Crippen LogP contribution is 2.39. The second-order valence-corrected chi connectivity index (χ2v) is 7.88. The molecule has 18 heavy (non-hydrogen) atoms. The van der Waals surface area contributed by atoms with E-state index in [1.54, 1.807) is 0 Å². The molecule has 0 aliphatic carbocycles. The fourth-order valence-electron chi connectivity index (χ4n) is 2.08. The molecule has 0 aromatic carbocycles. The zero-order valence-corrected chi connectivity index (χ0v) is 13.7. The maximum atomic E-state index is 6.28. The number of aryl methyl sites for hydroxylation is 2. The third-order valence-corrected chi connectivity index (χ3v) is 5.29. The minimum Gasteiger partial charge on any atom is -0.306 e. The second-order valence-electron chi connectivity index (χ2n) is 4.14. The third kappa shape index (κ3) is 2.91. The SMILES string of the molecule is CCNC(c1cc(C)sc1C)c1cc(Cl)sc1Cl. The number of nitrogens with one attached hydrogen (secondary N) is 1. The number of halogens is 2. The molecule has 2 heterocycles. The molecule has 1 N–H and O–H groups in total. The van der Waals surface area contributed by atoms with Gasteiger partial charge < -0.3 is 5.32 Å². The van der Waals surface area contributed by atoms with Gasteiger partial charge in [0.15, 0.2) is 0 Å². The van der Waals surface area contributed by atoms with Gasteiger partial charge in [0.25, 0.3) is 0 Å². The smallest absolute Gasteiger partial charge is 0.0995 e. The van der Waals surface area contributed by atoms with Crippen molar-refractivity contribution in [3.8, 4) is 0 Å². The Morgan fingerprint density at radius 3 is 2.33 bits per heavy atom. The van der Waals surface area contributed by atoms with Crippen LogP contribution in [0.15, 0.2) is 12.1 Å². The lowest BCUT2D eigenvalue weighted by Crippen LogP contribution is -2.21. The molecule has 1 atom stereocenters. The normalized spacial score (nSPS) is 12.9. The fraction of sp³-hybridized carbons (Fsp3) is 0.385. The topological polar surface area (TPSA) is 12.0 Å². The Hall–Kier alpha value is -0.0600. The van der Waals surface area contributed by atoms with Crippen LogP contribution in [-0.2, 0) is 0 Å². The number of rotatable bonds is 4. The van der Waals surface area contributed by atoms with Crippen LogP contribution in [0, 0.1) is 13.8 Å². The van der Waals surface area contributed by atoms with Crippen molar-refractivity contribution < 1.29 is 0 Å². The molecular formula is C13H15Cl2NS2. The van der Waals surface area contributed by atoms with Crippen LogP contribution in [-0.4, -0.2) is 6.54 Å². The van der Waals surface area contributed by atoms with Gasteiger partial charge in [-0.1, -0.05) is 30.1 Å². The van der Waals surface area contributed by atoms with Crippen LogP contribution < -0.4 is 5.32 Å². The van der Waals surface area contributed by atoms with Crippen LogP contribution in [0.5, 0.6) is 0 Å². The lowest BCUT2D eigenvalue weighted by Gasteiger charge is -2.17. The van der Waals surface area contributed by atoms with E-state index in [1.807, 2.05) is 17.4 Å². The van der Waals surface area contributed by atoms with Gasteiger partial charge in [-0.2, -0.15) is 0 Å². The first kappa shape index (κ1) is 14.4. The van der Waals surface area contributed by atoms with E-state index in [0.717, 1.165) is 20.8 Å². The van der Waals surface area contributed by atoms with Gasteiger partial charge in [0, 0.05) is 15.3 Å². The predicted octanol–water partition coefficient (Wildman–Crippen LogP) is 5.43. The quantitative estimate of drug-likeness (QED) is 0.792. The average molecular weight is 320 g/mol. The summed E-state index contributed by atoms with van der Waals surface area (Å²) in [6.07, 6.45) is 0. The summed E-state index contributed by atoms with van der Waals surface area (Å²) in [5.74, 6) is 0. The maximum Gasteiger partial charge on any atom is 0.0995 e. The van der Waals surface area contributed by atoms with Gasteiger partial charge in [-0.25, -0.2) is 0 Å². The Bertz CT molecular complexity index is 499. The minimum absolute atomic E-state index is 0.135. The molecule has 0 amide bonds. The van der Waals surface area contributed by atoms with Crippen LogP contribution in [0.25, 0.3) is 0 Å². The Morgan fingerprint density at radius 1 is 1.17 bits per heavy atom. The second kappa shape index (κ2) is 5.93. The first-order chi connectivity index (χ1) is 8.52. The molecule has 98 valence electrons. The largest absolute Gasteiger partial charge is 0.306 e. The highest BCUT2D eigenvalue weighted by atomic mass is 35.5. The maximum absolute atomic E-state index is 6.28. The summed E-state index contributed by atoms with van der Waals surface area (Å²) in [4.78, 5) is 2.65. The average Bonchev–Trinajstić information content (AvgIpc) is 2.78.